The number of amides is 1. The first-order valence-electron chi connectivity index (χ1n) is 8.48. The second-order valence-electron chi connectivity index (χ2n) is 6.56. The van der Waals surface area contributed by atoms with Gasteiger partial charge in [-0.2, -0.15) is 5.26 Å². The minimum atomic E-state index is -0.0867. The highest BCUT2D eigenvalue weighted by atomic mass is 32.2. The maximum Gasteiger partial charge on any atom is 0.234 e. The van der Waals surface area contributed by atoms with Crippen LogP contribution in [-0.2, 0) is 17.6 Å². The van der Waals surface area contributed by atoms with Crippen LogP contribution < -0.4 is 5.32 Å². The largest absolute Gasteiger partial charge is 0.325 e. The van der Waals surface area contributed by atoms with Crippen LogP contribution in [0.4, 0.5) is 5.69 Å². The van der Waals surface area contributed by atoms with Gasteiger partial charge in [0.2, 0.25) is 5.91 Å². The van der Waals surface area contributed by atoms with Crippen molar-refractivity contribution in [1.82, 2.24) is 4.98 Å². The molecule has 1 unspecified atom stereocenters. The molecule has 1 aromatic heterocycles. The summed E-state index contributed by atoms with van der Waals surface area (Å²) in [6.45, 7) is 4.19. The van der Waals surface area contributed by atoms with Crippen molar-refractivity contribution in [2.75, 3.05) is 11.1 Å². The van der Waals surface area contributed by atoms with Crippen LogP contribution in [-0.4, -0.2) is 16.6 Å². The number of benzene rings is 1. The Morgan fingerprint density at radius 2 is 2.24 bits per heavy atom. The van der Waals surface area contributed by atoms with E-state index in [1.165, 1.54) is 17.3 Å². The maximum absolute atomic E-state index is 12.2. The van der Waals surface area contributed by atoms with Gasteiger partial charge in [0.05, 0.1) is 11.3 Å². The van der Waals surface area contributed by atoms with Gasteiger partial charge in [-0.25, -0.2) is 4.98 Å². The van der Waals surface area contributed by atoms with Crippen LogP contribution >= 0.6 is 11.8 Å². The van der Waals surface area contributed by atoms with Gasteiger partial charge < -0.3 is 5.32 Å². The van der Waals surface area contributed by atoms with E-state index < -0.39 is 0 Å². The number of aromatic nitrogens is 1. The van der Waals surface area contributed by atoms with Crippen LogP contribution in [0.3, 0.4) is 0 Å². The lowest BCUT2D eigenvalue weighted by Crippen LogP contribution is -2.16. The number of nitrogens with one attached hydrogen (secondary N) is 1. The Kier molecular flexibility index (Phi) is 5.40. The molecule has 1 amide bonds. The van der Waals surface area contributed by atoms with Crippen LogP contribution in [0.25, 0.3) is 0 Å². The summed E-state index contributed by atoms with van der Waals surface area (Å²) in [6, 6.07) is 11.9. The average Bonchev–Trinajstić information content (AvgIpc) is 2.61. The summed E-state index contributed by atoms with van der Waals surface area (Å²) >= 11 is 1.33. The number of para-hydroxylation sites is 1. The minimum Gasteiger partial charge on any atom is -0.325 e. The number of fused-ring (bicyclic) bond motifs is 1. The van der Waals surface area contributed by atoms with Gasteiger partial charge in [-0.1, -0.05) is 36.9 Å². The molecule has 0 spiro atoms. The molecule has 0 bridgehead atoms. The fourth-order valence-electron chi connectivity index (χ4n) is 3.05. The summed E-state index contributed by atoms with van der Waals surface area (Å²) in [5, 5.41) is 13.0. The Labute approximate surface area is 152 Å². The van der Waals surface area contributed by atoms with Crippen molar-refractivity contribution in [3.63, 3.8) is 0 Å². The van der Waals surface area contributed by atoms with E-state index in [1.807, 2.05) is 37.3 Å². The fraction of sp³-hybridized carbons (Fsp3) is 0.350. The van der Waals surface area contributed by atoms with Gasteiger partial charge in [-0.05, 0) is 55.4 Å². The van der Waals surface area contributed by atoms with E-state index >= 15 is 0 Å². The van der Waals surface area contributed by atoms with Crippen molar-refractivity contribution in [2.45, 2.75) is 38.1 Å². The number of thioether (sulfide) groups is 1. The molecule has 1 aliphatic rings. The standard InChI is InChI=1S/C20H21N3OS/c1-13-7-8-18-15(9-13)10-16(11-21)20(23-18)25-12-19(24)22-17-6-4-3-5-14(17)2/h3-6,10,13H,7-9,12H2,1-2H3,(H,22,24). The molecular weight excluding hydrogens is 330 g/mol. The third kappa shape index (κ3) is 4.21. The molecule has 1 aliphatic carbocycles. The number of aryl methyl sites for hydroxylation is 2. The molecule has 2 aromatic rings. The second-order valence-corrected chi connectivity index (χ2v) is 7.52. The number of hydrogen-bond donors (Lipinski definition) is 1. The Bertz CT molecular complexity index is 841. The van der Waals surface area contributed by atoms with Gasteiger partial charge >= 0.3 is 0 Å². The molecule has 25 heavy (non-hydrogen) atoms. The molecule has 128 valence electrons. The van der Waals surface area contributed by atoms with Gasteiger partial charge in [-0.15, -0.1) is 0 Å². The zero-order valence-corrected chi connectivity index (χ0v) is 15.3. The van der Waals surface area contributed by atoms with Crippen molar-refractivity contribution in [1.29, 1.82) is 5.26 Å². The SMILES string of the molecule is Cc1ccccc1NC(=O)CSc1nc2c(cc1C#N)CC(C)CC2. The highest BCUT2D eigenvalue weighted by Crippen LogP contribution is 2.29. The predicted octanol–water partition coefficient (Wildman–Crippen LogP) is 4.12. The van der Waals surface area contributed by atoms with E-state index in [4.69, 9.17) is 0 Å². The summed E-state index contributed by atoms with van der Waals surface area (Å²) in [4.78, 5) is 16.9. The second kappa shape index (κ2) is 7.71. The van der Waals surface area contributed by atoms with E-state index in [9.17, 15) is 10.1 Å². The summed E-state index contributed by atoms with van der Waals surface area (Å²) in [6.07, 6.45) is 3.06. The number of pyridine rings is 1. The molecule has 3 rings (SSSR count). The zero-order valence-electron chi connectivity index (χ0n) is 14.5. The van der Waals surface area contributed by atoms with E-state index in [0.29, 0.717) is 16.5 Å². The molecular formula is C20H21N3OS. The molecule has 1 aromatic carbocycles. The Hall–Kier alpha value is -2.32. The molecule has 0 fully saturated rings. The Morgan fingerprint density at radius 3 is 3.00 bits per heavy atom. The van der Waals surface area contributed by atoms with Gasteiger partial charge in [-0.3, -0.25) is 4.79 Å². The smallest absolute Gasteiger partial charge is 0.234 e. The molecule has 1 heterocycles. The van der Waals surface area contributed by atoms with Crippen LogP contribution in [0.15, 0.2) is 35.4 Å². The van der Waals surface area contributed by atoms with E-state index in [-0.39, 0.29) is 11.7 Å². The van der Waals surface area contributed by atoms with Crippen LogP contribution in [0.1, 0.15) is 35.7 Å². The van der Waals surface area contributed by atoms with E-state index in [0.717, 1.165) is 36.2 Å². The molecule has 1 atom stereocenters. The molecule has 0 radical (unpaired) electrons. The van der Waals surface area contributed by atoms with E-state index in [2.05, 4.69) is 23.3 Å². The molecule has 5 heteroatoms. The average molecular weight is 351 g/mol. The summed E-state index contributed by atoms with van der Waals surface area (Å²) in [7, 11) is 0. The first-order valence-corrected chi connectivity index (χ1v) is 9.46. The number of rotatable bonds is 4. The zero-order chi connectivity index (χ0) is 17.8. The van der Waals surface area contributed by atoms with Crippen molar-refractivity contribution in [3.05, 3.63) is 52.7 Å². The molecule has 0 saturated heterocycles. The third-order valence-electron chi connectivity index (χ3n) is 4.48. The fourth-order valence-corrected chi connectivity index (χ4v) is 3.83. The summed E-state index contributed by atoms with van der Waals surface area (Å²) < 4.78 is 0. The topological polar surface area (TPSA) is 65.8 Å². The lowest BCUT2D eigenvalue weighted by atomic mass is 9.87. The van der Waals surface area contributed by atoms with E-state index in [1.54, 1.807) is 0 Å². The van der Waals surface area contributed by atoms with Gasteiger partial charge in [0.25, 0.3) is 0 Å². The molecule has 0 saturated carbocycles. The third-order valence-corrected chi connectivity index (χ3v) is 5.47. The summed E-state index contributed by atoms with van der Waals surface area (Å²) in [5.41, 5.74) is 4.69. The maximum atomic E-state index is 12.2. The van der Waals surface area contributed by atoms with Gasteiger partial charge in [0, 0.05) is 11.4 Å². The summed E-state index contributed by atoms with van der Waals surface area (Å²) in [5.74, 6) is 0.793. The van der Waals surface area contributed by atoms with Crippen molar-refractivity contribution in [3.8, 4) is 6.07 Å². The minimum absolute atomic E-state index is 0.0867. The lowest BCUT2D eigenvalue weighted by Gasteiger charge is -2.21. The van der Waals surface area contributed by atoms with Crippen molar-refractivity contribution >= 4 is 23.4 Å². The lowest BCUT2D eigenvalue weighted by molar-refractivity contribution is -0.113. The van der Waals surface area contributed by atoms with Crippen LogP contribution in [0.5, 0.6) is 0 Å². The highest BCUT2D eigenvalue weighted by molar-refractivity contribution is 8.00. The number of carbonyl (C=O) groups excluding carboxylic acids is 1. The number of carbonyl (C=O) groups is 1. The normalized spacial score (nSPS) is 16.0. The Balaban J connectivity index is 1.70. The van der Waals surface area contributed by atoms with Gasteiger partial charge in [0.1, 0.15) is 11.1 Å². The monoisotopic (exact) mass is 351 g/mol. The van der Waals surface area contributed by atoms with Crippen molar-refractivity contribution in [2.24, 2.45) is 5.92 Å². The van der Waals surface area contributed by atoms with Gasteiger partial charge in [0.15, 0.2) is 0 Å². The number of nitrogens with zero attached hydrogens (tertiary/aromatic N) is 2. The molecule has 4 nitrogen and oxygen atoms in total. The first-order chi connectivity index (χ1) is 12.1. The number of nitriles is 1. The number of anilines is 1. The molecule has 1 N–H and O–H groups in total. The predicted molar refractivity (Wildman–Crippen MR) is 101 cm³/mol. The van der Waals surface area contributed by atoms with Crippen molar-refractivity contribution < 1.29 is 4.79 Å². The quantitative estimate of drug-likeness (QED) is 0.842. The molecule has 0 aliphatic heterocycles. The van der Waals surface area contributed by atoms with Crippen LogP contribution in [0.2, 0.25) is 0 Å². The van der Waals surface area contributed by atoms with Crippen LogP contribution in [0, 0.1) is 24.2 Å². The number of hydrogen-bond acceptors (Lipinski definition) is 4. The first kappa shape index (κ1) is 17.5. The Morgan fingerprint density at radius 1 is 1.44 bits per heavy atom. The highest BCUT2D eigenvalue weighted by Gasteiger charge is 2.19.